The molecule has 0 amide bonds. The maximum Gasteiger partial charge on any atom is 0.327 e. The van der Waals surface area contributed by atoms with Crippen molar-refractivity contribution in [3.8, 4) is 0 Å². The molecule has 0 N–H and O–H groups in total. The zero-order valence-corrected chi connectivity index (χ0v) is 14.8. The maximum absolute atomic E-state index is 14.1. The van der Waals surface area contributed by atoms with Gasteiger partial charge >= 0.3 is 5.97 Å². The Labute approximate surface area is 141 Å². The molecule has 1 aromatic heterocycles. The van der Waals surface area contributed by atoms with E-state index in [4.69, 9.17) is 0 Å². The molecule has 1 fully saturated rings. The first-order valence-electron chi connectivity index (χ1n) is 7.41. The number of aromatic nitrogens is 2. The molecule has 1 aliphatic carbocycles. The number of rotatable bonds is 3. The van der Waals surface area contributed by atoms with Gasteiger partial charge in [-0.25, -0.2) is 9.07 Å². The minimum absolute atomic E-state index is 0.265. The second-order valence-electron chi connectivity index (χ2n) is 5.06. The summed E-state index contributed by atoms with van der Waals surface area (Å²) in [6.45, 7) is 3.73. The number of carbonyl (C=O) groups is 1. The molecule has 0 bridgehead atoms. The Bertz CT molecular complexity index is 800. The van der Waals surface area contributed by atoms with Crippen molar-refractivity contribution < 1.29 is 13.9 Å². The second-order valence-corrected chi connectivity index (χ2v) is 5.81. The van der Waals surface area contributed by atoms with E-state index in [0.717, 1.165) is 4.68 Å². The Morgan fingerprint density at radius 1 is 1.39 bits per heavy atom. The first-order valence-corrected chi connectivity index (χ1v) is 8.20. The normalized spacial score (nSPS) is 14.8. The van der Waals surface area contributed by atoms with Crippen molar-refractivity contribution in [1.29, 1.82) is 0 Å². The van der Waals surface area contributed by atoms with E-state index in [-0.39, 0.29) is 6.54 Å². The van der Waals surface area contributed by atoms with Gasteiger partial charge in [0, 0.05) is 5.39 Å². The zero-order chi connectivity index (χ0) is 17.2. The van der Waals surface area contributed by atoms with Crippen LogP contribution >= 0.6 is 15.9 Å². The predicted molar refractivity (Wildman–Crippen MR) is 89.1 cm³/mol. The lowest BCUT2D eigenvalue weighted by atomic mass is 10.1. The second kappa shape index (κ2) is 6.78. The van der Waals surface area contributed by atoms with Crippen molar-refractivity contribution in [2.75, 3.05) is 7.11 Å². The molecule has 0 saturated heterocycles. The number of carbonyl (C=O) groups excluding carboxylic acids is 1. The summed E-state index contributed by atoms with van der Waals surface area (Å²) in [5, 5.41) is 4.96. The quantitative estimate of drug-likeness (QED) is 0.761. The number of hydrogen-bond acceptors (Lipinski definition) is 4. The van der Waals surface area contributed by atoms with E-state index in [1.54, 1.807) is 18.2 Å². The third-order valence-corrected chi connectivity index (χ3v) is 4.21. The van der Waals surface area contributed by atoms with Crippen molar-refractivity contribution in [1.82, 2.24) is 9.78 Å². The zero-order valence-electron chi connectivity index (χ0n) is 13.2. The average molecular weight is 385 g/mol. The van der Waals surface area contributed by atoms with Crippen LogP contribution in [0.15, 0.2) is 27.6 Å². The lowest BCUT2D eigenvalue weighted by molar-refractivity contribution is -0.141. The number of alkyl halides is 1. The summed E-state index contributed by atoms with van der Waals surface area (Å²) in [6.07, 6.45) is 1.01. The fourth-order valence-electron chi connectivity index (χ4n) is 2.22. The predicted octanol–water partition coefficient (Wildman–Crippen LogP) is 3.32. The van der Waals surface area contributed by atoms with Crippen LogP contribution in [0.25, 0.3) is 10.8 Å². The Hall–Kier alpha value is -1.76. The molecule has 0 unspecified atom stereocenters. The van der Waals surface area contributed by atoms with Gasteiger partial charge in [-0.1, -0.05) is 19.9 Å². The van der Waals surface area contributed by atoms with Crippen molar-refractivity contribution in [3.63, 3.8) is 0 Å². The number of hydrogen-bond donors (Lipinski definition) is 0. The topological polar surface area (TPSA) is 61.2 Å². The van der Waals surface area contributed by atoms with Gasteiger partial charge in [0.2, 0.25) is 0 Å². The van der Waals surface area contributed by atoms with Crippen molar-refractivity contribution in [2.45, 2.75) is 38.9 Å². The van der Waals surface area contributed by atoms with Crippen LogP contribution < -0.4 is 5.56 Å². The molecular weight excluding hydrogens is 367 g/mol. The van der Waals surface area contributed by atoms with Crippen LogP contribution in [0.1, 0.15) is 32.3 Å². The molecule has 1 aliphatic rings. The highest BCUT2D eigenvalue weighted by Crippen LogP contribution is 2.50. The Kier molecular flexibility index (Phi) is 5.19. The molecule has 0 radical (unpaired) electrons. The molecule has 5 nitrogen and oxygen atoms in total. The van der Waals surface area contributed by atoms with Crippen LogP contribution in [-0.4, -0.2) is 22.9 Å². The van der Waals surface area contributed by atoms with Gasteiger partial charge in [0.05, 0.1) is 12.5 Å². The minimum Gasteiger partial charge on any atom is -0.468 e. The van der Waals surface area contributed by atoms with E-state index in [1.807, 2.05) is 13.8 Å². The molecule has 0 atom stereocenters. The van der Waals surface area contributed by atoms with Crippen LogP contribution in [0.3, 0.4) is 0 Å². The van der Waals surface area contributed by atoms with E-state index in [2.05, 4.69) is 25.8 Å². The van der Waals surface area contributed by atoms with Crippen molar-refractivity contribution >= 4 is 32.7 Å². The van der Waals surface area contributed by atoms with Gasteiger partial charge in [0.25, 0.3) is 5.56 Å². The van der Waals surface area contributed by atoms with Gasteiger partial charge < -0.3 is 4.74 Å². The van der Waals surface area contributed by atoms with Crippen LogP contribution in [0.2, 0.25) is 0 Å². The highest BCUT2D eigenvalue weighted by Gasteiger charge is 2.45. The fourth-order valence-corrected chi connectivity index (χ4v) is 2.74. The molecular formula is C16H18BrFN2O3. The smallest absolute Gasteiger partial charge is 0.327 e. The molecule has 0 aliphatic heterocycles. The standard InChI is InChI=1S/C14H12BrFN2O3.C2H6/c1-21-11(19)7-18-13(20)9-3-2-8(14(16)4-5-14)6-10(9)12(15)17-18;1-2/h2-3,6H,4-5,7H2,1H3;1-2H3. The van der Waals surface area contributed by atoms with E-state index >= 15 is 0 Å². The maximum atomic E-state index is 14.1. The Balaban J connectivity index is 0.000000924. The molecule has 23 heavy (non-hydrogen) atoms. The molecule has 124 valence electrons. The number of esters is 1. The minimum atomic E-state index is -1.27. The van der Waals surface area contributed by atoms with Gasteiger partial charge in [0.1, 0.15) is 16.8 Å². The van der Waals surface area contributed by atoms with Crippen LogP contribution in [0.4, 0.5) is 4.39 Å². The number of nitrogens with zero attached hydrogens (tertiary/aromatic N) is 2. The van der Waals surface area contributed by atoms with Crippen molar-refractivity contribution in [2.24, 2.45) is 0 Å². The number of halogens is 2. The SMILES string of the molecule is CC.COC(=O)Cn1nc(Br)c2cc(C3(F)CC3)ccc2c1=O. The summed E-state index contributed by atoms with van der Waals surface area (Å²) < 4.78 is 20.1. The van der Waals surface area contributed by atoms with E-state index in [9.17, 15) is 14.0 Å². The van der Waals surface area contributed by atoms with E-state index < -0.39 is 17.2 Å². The highest BCUT2D eigenvalue weighted by molar-refractivity contribution is 9.10. The van der Waals surface area contributed by atoms with Gasteiger partial charge in [-0.2, -0.15) is 5.10 Å². The molecule has 3 rings (SSSR count). The summed E-state index contributed by atoms with van der Waals surface area (Å²) in [4.78, 5) is 23.6. The van der Waals surface area contributed by atoms with Gasteiger partial charge in [-0.05, 0) is 46.5 Å². The Morgan fingerprint density at radius 3 is 2.61 bits per heavy atom. The lowest BCUT2D eigenvalue weighted by Crippen LogP contribution is -2.27. The number of ether oxygens (including phenoxy) is 1. The molecule has 2 aromatic rings. The third-order valence-electron chi connectivity index (χ3n) is 3.63. The summed E-state index contributed by atoms with van der Waals surface area (Å²) in [5.41, 5.74) is -1.12. The third kappa shape index (κ3) is 3.44. The van der Waals surface area contributed by atoms with E-state index in [0.29, 0.717) is 33.8 Å². The summed E-state index contributed by atoms with van der Waals surface area (Å²) in [5.74, 6) is -0.562. The number of methoxy groups -OCH3 is 1. The molecule has 1 heterocycles. The average Bonchev–Trinajstić information content (AvgIpc) is 3.32. The first kappa shape index (κ1) is 17.6. The summed E-state index contributed by atoms with van der Waals surface area (Å²) in [6, 6.07) is 4.84. The van der Waals surface area contributed by atoms with Crippen LogP contribution in [-0.2, 0) is 21.7 Å². The summed E-state index contributed by atoms with van der Waals surface area (Å²) >= 11 is 3.27. The lowest BCUT2D eigenvalue weighted by Gasteiger charge is -2.10. The number of benzene rings is 1. The molecule has 1 aromatic carbocycles. The fraction of sp³-hybridized carbons (Fsp3) is 0.438. The monoisotopic (exact) mass is 384 g/mol. The van der Waals surface area contributed by atoms with Crippen molar-refractivity contribution in [3.05, 3.63) is 38.7 Å². The summed E-state index contributed by atoms with van der Waals surface area (Å²) in [7, 11) is 1.24. The number of fused-ring (bicyclic) bond motifs is 1. The van der Waals surface area contributed by atoms with Crippen LogP contribution in [0, 0.1) is 0 Å². The first-order chi connectivity index (χ1) is 10.9. The largest absolute Gasteiger partial charge is 0.468 e. The Morgan fingerprint density at radius 2 is 2.04 bits per heavy atom. The van der Waals surface area contributed by atoms with Gasteiger partial charge in [0.15, 0.2) is 0 Å². The van der Waals surface area contributed by atoms with Crippen LogP contribution in [0.5, 0.6) is 0 Å². The van der Waals surface area contributed by atoms with Gasteiger partial charge in [-0.15, -0.1) is 0 Å². The molecule has 1 saturated carbocycles. The van der Waals surface area contributed by atoms with E-state index in [1.165, 1.54) is 7.11 Å². The molecule has 7 heteroatoms. The molecule has 0 spiro atoms. The van der Waals surface area contributed by atoms with Gasteiger partial charge in [-0.3, -0.25) is 9.59 Å². The highest BCUT2D eigenvalue weighted by atomic mass is 79.9.